The van der Waals surface area contributed by atoms with Gasteiger partial charge in [0.2, 0.25) is 0 Å². The van der Waals surface area contributed by atoms with Gasteiger partial charge in [0.15, 0.2) is 0 Å². The lowest BCUT2D eigenvalue weighted by Crippen LogP contribution is -2.28. The first-order valence-electron chi connectivity index (χ1n) is 31.2. The lowest BCUT2D eigenvalue weighted by molar-refractivity contribution is 0.595. The Hall–Kier alpha value is -10.3. The molecule has 0 bridgehead atoms. The van der Waals surface area contributed by atoms with Gasteiger partial charge in [-0.3, -0.25) is 0 Å². The highest BCUT2D eigenvalue weighted by Gasteiger charge is 2.47. The third-order valence-corrected chi connectivity index (χ3v) is 19.4. The molecule has 2 nitrogen and oxygen atoms in total. The molecule has 0 spiro atoms. The summed E-state index contributed by atoms with van der Waals surface area (Å²) in [6.07, 6.45) is 0. The van der Waals surface area contributed by atoms with E-state index < -0.39 is 10.8 Å². The van der Waals surface area contributed by atoms with Crippen molar-refractivity contribution in [2.45, 2.75) is 63.2 Å². The maximum atomic E-state index is 2.52. The fraction of sp³-hybridized carbons (Fsp3) is 0.116. The van der Waals surface area contributed by atoms with Crippen LogP contribution in [0, 0.1) is 0 Å². The molecular formula is C86H68N2. The summed E-state index contributed by atoms with van der Waals surface area (Å²) in [6.45, 7) is 14.3. The molecule has 0 atom stereocenters. The van der Waals surface area contributed by atoms with Gasteiger partial charge in [-0.05, 0) is 171 Å². The minimum Gasteiger partial charge on any atom is -0.310 e. The number of hydrogen-bond donors (Lipinski definition) is 0. The monoisotopic (exact) mass is 1130 g/mol. The van der Waals surface area contributed by atoms with Crippen LogP contribution in [0.1, 0.15) is 97.2 Å². The Kier molecular flexibility index (Phi) is 12.2. The average Bonchev–Trinajstić information content (AvgIpc) is 1.32. The van der Waals surface area contributed by atoms with Crippen LogP contribution in [0.2, 0.25) is 0 Å². The molecule has 14 aromatic rings. The number of anilines is 6. The van der Waals surface area contributed by atoms with Crippen molar-refractivity contribution >= 4 is 66.4 Å². The summed E-state index contributed by atoms with van der Waals surface area (Å²) in [4.78, 5) is 5.03. The van der Waals surface area contributed by atoms with E-state index in [0.29, 0.717) is 0 Å². The molecule has 2 aliphatic carbocycles. The first-order chi connectivity index (χ1) is 43.0. The van der Waals surface area contributed by atoms with Crippen LogP contribution in [0.3, 0.4) is 0 Å². The number of benzene rings is 14. The van der Waals surface area contributed by atoms with Gasteiger partial charge in [0.25, 0.3) is 0 Å². The van der Waals surface area contributed by atoms with Crippen LogP contribution in [-0.4, -0.2) is 0 Å². The molecule has 0 aromatic heterocycles. The number of fused-ring (bicyclic) bond motifs is 6. The van der Waals surface area contributed by atoms with Gasteiger partial charge in [0, 0.05) is 33.5 Å². The largest absolute Gasteiger partial charge is 0.310 e. The molecular weight excluding hydrogens is 1060 g/mol. The van der Waals surface area contributed by atoms with Gasteiger partial charge in [0.05, 0.1) is 22.2 Å². The predicted molar refractivity (Wildman–Crippen MR) is 372 cm³/mol. The van der Waals surface area contributed by atoms with Crippen molar-refractivity contribution in [1.29, 1.82) is 0 Å². The van der Waals surface area contributed by atoms with Crippen molar-refractivity contribution in [2.24, 2.45) is 0 Å². The Labute approximate surface area is 517 Å². The summed E-state index contributed by atoms with van der Waals surface area (Å²) in [5, 5.41) is 7.57. The molecule has 0 saturated carbocycles. The second kappa shape index (κ2) is 20.2. The van der Waals surface area contributed by atoms with Crippen molar-refractivity contribution < 1.29 is 0 Å². The zero-order valence-electron chi connectivity index (χ0n) is 50.8. The van der Waals surface area contributed by atoms with Crippen LogP contribution >= 0.6 is 0 Å². The van der Waals surface area contributed by atoms with Crippen LogP contribution in [-0.2, 0) is 21.7 Å². The highest BCUT2D eigenvalue weighted by molar-refractivity contribution is 6.29. The zero-order valence-corrected chi connectivity index (χ0v) is 50.8. The maximum absolute atomic E-state index is 2.52. The van der Waals surface area contributed by atoms with Gasteiger partial charge in [-0.15, -0.1) is 0 Å². The average molecular weight is 1130 g/mol. The third kappa shape index (κ3) is 7.87. The van der Waals surface area contributed by atoms with Crippen LogP contribution in [0.25, 0.3) is 54.6 Å². The first kappa shape index (κ1) is 53.2. The van der Waals surface area contributed by atoms with Crippen molar-refractivity contribution in [3.63, 3.8) is 0 Å². The Morgan fingerprint density at radius 1 is 0.239 bits per heavy atom. The molecule has 0 aliphatic heterocycles. The van der Waals surface area contributed by atoms with E-state index >= 15 is 0 Å². The summed E-state index contributed by atoms with van der Waals surface area (Å²) >= 11 is 0. The molecule has 14 aromatic carbocycles. The van der Waals surface area contributed by atoms with E-state index in [9.17, 15) is 0 Å². The SMILES string of the molecule is CC(C)(C)c1cc(N(c2ccccc2)c2ccc(C3(c4ccccc4)c4ccccc4-c4ccccc43)cc2)c2ccc3c(C(C)(C)C)cc(N(c4ccccc4)c4ccc(C5(c6ccccc6)c6ccccc6-c6ccccc65)cc4)c4ccc1c2c43. The van der Waals surface area contributed by atoms with E-state index in [2.05, 4.69) is 355 Å². The van der Waals surface area contributed by atoms with E-state index in [1.165, 1.54) is 110 Å². The number of hydrogen-bond acceptors (Lipinski definition) is 2. The van der Waals surface area contributed by atoms with E-state index in [0.717, 1.165) is 34.1 Å². The maximum Gasteiger partial charge on any atom is 0.0713 e. The molecule has 0 N–H and O–H groups in total. The van der Waals surface area contributed by atoms with Crippen LogP contribution < -0.4 is 9.80 Å². The molecule has 0 radical (unpaired) electrons. The fourth-order valence-electron chi connectivity index (χ4n) is 15.7. The van der Waals surface area contributed by atoms with Gasteiger partial charge in [-0.2, -0.15) is 0 Å². The fourth-order valence-corrected chi connectivity index (χ4v) is 15.7. The molecule has 88 heavy (non-hydrogen) atoms. The molecule has 2 heteroatoms. The van der Waals surface area contributed by atoms with E-state index in [1.807, 2.05) is 0 Å². The van der Waals surface area contributed by atoms with Gasteiger partial charge in [-0.25, -0.2) is 0 Å². The Balaban J connectivity index is 0.920. The van der Waals surface area contributed by atoms with Crippen LogP contribution in [0.5, 0.6) is 0 Å². The zero-order chi connectivity index (χ0) is 59.5. The smallest absolute Gasteiger partial charge is 0.0713 e. The second-order valence-corrected chi connectivity index (χ2v) is 26.3. The van der Waals surface area contributed by atoms with Gasteiger partial charge < -0.3 is 9.80 Å². The van der Waals surface area contributed by atoms with Crippen molar-refractivity contribution in [1.82, 2.24) is 0 Å². The van der Waals surface area contributed by atoms with Crippen molar-refractivity contribution in [3.05, 3.63) is 359 Å². The standard InChI is InChI=1S/C86H68N2/c1-83(2,3)77-55-79(87(61-31-15-9-16-32-61)63-47-43-59(44-48-63)85(57-27-11-7-12-28-57)73-39-23-19-35-65(73)66-36-20-24-40-74(66)85)71-54-52-70-78(84(4,5)6)56-80(72-53-51-69(77)81(71)82(70)72)88(62-33-17-10-18-34-62)64-49-45-60(46-50-64)86(58-29-13-8-14-30-58)75-41-25-21-37-67(75)68-38-22-26-42-76(68)86/h7-56H,1-6H3. The van der Waals surface area contributed by atoms with E-state index in [-0.39, 0.29) is 10.8 Å². The molecule has 0 amide bonds. The summed E-state index contributed by atoms with van der Waals surface area (Å²) in [6, 6.07) is 114. The summed E-state index contributed by atoms with van der Waals surface area (Å²) < 4.78 is 0. The lowest BCUT2D eigenvalue weighted by Gasteiger charge is -2.35. The Morgan fingerprint density at radius 2 is 0.489 bits per heavy atom. The predicted octanol–water partition coefficient (Wildman–Crippen LogP) is 22.8. The first-order valence-corrected chi connectivity index (χ1v) is 31.2. The highest BCUT2D eigenvalue weighted by Crippen LogP contribution is 2.59. The summed E-state index contributed by atoms with van der Waals surface area (Å²) in [5.41, 5.74) is 23.3. The number of para-hydroxylation sites is 2. The number of nitrogens with zero attached hydrogens (tertiary/aromatic N) is 2. The lowest BCUT2D eigenvalue weighted by atomic mass is 9.67. The topological polar surface area (TPSA) is 6.48 Å². The van der Waals surface area contributed by atoms with Crippen molar-refractivity contribution in [2.75, 3.05) is 9.80 Å². The number of rotatable bonds is 10. The normalized spacial score (nSPS) is 13.8. The second-order valence-electron chi connectivity index (χ2n) is 26.3. The summed E-state index contributed by atoms with van der Waals surface area (Å²) in [5.74, 6) is 0. The van der Waals surface area contributed by atoms with Gasteiger partial charge in [-0.1, -0.05) is 284 Å². The Morgan fingerprint density at radius 3 is 0.795 bits per heavy atom. The Bertz CT molecular complexity index is 4550. The molecule has 422 valence electrons. The molecule has 0 heterocycles. The van der Waals surface area contributed by atoms with Gasteiger partial charge in [0.1, 0.15) is 0 Å². The summed E-state index contributed by atoms with van der Waals surface area (Å²) in [7, 11) is 0. The third-order valence-electron chi connectivity index (χ3n) is 19.4. The highest BCUT2D eigenvalue weighted by atomic mass is 15.2. The van der Waals surface area contributed by atoms with E-state index in [4.69, 9.17) is 0 Å². The molecule has 2 aliphatic rings. The quantitative estimate of drug-likeness (QED) is 0.126. The van der Waals surface area contributed by atoms with E-state index in [1.54, 1.807) is 0 Å². The molecule has 16 rings (SSSR count). The van der Waals surface area contributed by atoms with Gasteiger partial charge >= 0.3 is 0 Å². The molecule has 0 fully saturated rings. The molecule has 0 saturated heterocycles. The molecule has 0 unspecified atom stereocenters. The van der Waals surface area contributed by atoms with Crippen molar-refractivity contribution in [3.8, 4) is 22.3 Å². The minimum atomic E-state index is -0.506. The minimum absolute atomic E-state index is 0.209. The van der Waals surface area contributed by atoms with Crippen LogP contribution in [0.15, 0.2) is 303 Å². The van der Waals surface area contributed by atoms with Crippen LogP contribution in [0.4, 0.5) is 34.1 Å².